The van der Waals surface area contributed by atoms with Crippen LogP contribution < -0.4 is 5.32 Å². The van der Waals surface area contributed by atoms with E-state index in [1.54, 1.807) is 17.8 Å². The molecular formula is C18H24N6O2. The van der Waals surface area contributed by atoms with E-state index < -0.39 is 0 Å². The largest absolute Gasteiger partial charge is 0.347 e. The van der Waals surface area contributed by atoms with E-state index in [1.807, 2.05) is 4.90 Å². The molecule has 0 bridgehead atoms. The summed E-state index contributed by atoms with van der Waals surface area (Å²) < 4.78 is 1.57. The van der Waals surface area contributed by atoms with E-state index >= 15 is 0 Å². The van der Waals surface area contributed by atoms with Gasteiger partial charge in [0.1, 0.15) is 5.52 Å². The smallest absolute Gasteiger partial charge is 0.253 e. The van der Waals surface area contributed by atoms with Crippen LogP contribution in [0.1, 0.15) is 55.3 Å². The number of amides is 2. The Labute approximate surface area is 151 Å². The second-order valence-corrected chi connectivity index (χ2v) is 7.35. The zero-order valence-electron chi connectivity index (χ0n) is 15.0. The lowest BCUT2D eigenvalue weighted by Gasteiger charge is -2.27. The van der Waals surface area contributed by atoms with Gasteiger partial charge in [-0.05, 0) is 18.9 Å². The highest BCUT2D eigenvalue weighted by molar-refractivity contribution is 5.97. The van der Waals surface area contributed by atoms with E-state index in [9.17, 15) is 9.59 Å². The molecule has 0 spiro atoms. The van der Waals surface area contributed by atoms with E-state index in [0.29, 0.717) is 35.7 Å². The van der Waals surface area contributed by atoms with Gasteiger partial charge in [0.15, 0.2) is 5.65 Å². The van der Waals surface area contributed by atoms with Crippen LogP contribution in [0.15, 0.2) is 12.3 Å². The van der Waals surface area contributed by atoms with Crippen molar-refractivity contribution in [2.24, 2.45) is 7.05 Å². The van der Waals surface area contributed by atoms with Crippen LogP contribution in [0, 0.1) is 0 Å². The summed E-state index contributed by atoms with van der Waals surface area (Å²) in [6.45, 7) is 0.607. The van der Waals surface area contributed by atoms with Gasteiger partial charge in [-0.1, -0.05) is 30.9 Å². The number of nitrogens with zero attached hydrogens (tertiary/aromatic N) is 5. The molecule has 4 rings (SSSR count). The van der Waals surface area contributed by atoms with Crippen molar-refractivity contribution in [3.8, 4) is 0 Å². The monoisotopic (exact) mass is 356 g/mol. The fourth-order valence-corrected chi connectivity index (χ4v) is 4.07. The number of hydrogen-bond donors (Lipinski definition) is 1. The van der Waals surface area contributed by atoms with E-state index in [4.69, 9.17) is 0 Å². The van der Waals surface area contributed by atoms with E-state index in [1.165, 1.54) is 31.9 Å². The van der Waals surface area contributed by atoms with E-state index in [0.717, 1.165) is 12.8 Å². The number of fused-ring (bicyclic) bond motifs is 1. The molecule has 0 unspecified atom stereocenters. The zero-order valence-corrected chi connectivity index (χ0v) is 15.0. The summed E-state index contributed by atoms with van der Waals surface area (Å²) in [6.07, 6.45) is 8.97. The predicted octanol–water partition coefficient (Wildman–Crippen LogP) is 1.42. The number of aromatic nitrogens is 4. The standard InChI is InChI=1S/C18H24N6O2/c1-23-17-15(21-22-23)8-12(10-19-17)18(26)20-13-9-16(25)24(11-13)14-6-4-2-3-5-7-14/h8,10,13-14H,2-7,9,11H2,1H3,(H,20,26)/t13-/m1/s1. The summed E-state index contributed by atoms with van der Waals surface area (Å²) in [7, 11) is 1.76. The Kier molecular flexibility index (Phi) is 4.57. The maximum atomic E-state index is 12.6. The Morgan fingerprint density at radius 3 is 2.77 bits per heavy atom. The van der Waals surface area contributed by atoms with Crippen molar-refractivity contribution in [2.75, 3.05) is 6.54 Å². The fraction of sp³-hybridized carbons (Fsp3) is 0.611. The molecule has 1 saturated carbocycles. The molecule has 8 nitrogen and oxygen atoms in total. The molecule has 138 valence electrons. The molecule has 3 heterocycles. The number of carbonyl (C=O) groups excluding carboxylic acids is 2. The first-order chi connectivity index (χ1) is 12.6. The summed E-state index contributed by atoms with van der Waals surface area (Å²) in [5.74, 6) is -0.0599. The summed E-state index contributed by atoms with van der Waals surface area (Å²) in [5.41, 5.74) is 1.67. The number of aryl methyl sites for hydroxylation is 1. The summed E-state index contributed by atoms with van der Waals surface area (Å²) in [4.78, 5) is 31.2. The molecular weight excluding hydrogens is 332 g/mol. The molecule has 8 heteroatoms. The number of likely N-dealkylation sites (tertiary alicyclic amines) is 1. The van der Waals surface area contributed by atoms with Gasteiger partial charge in [0, 0.05) is 32.3 Å². The third-order valence-corrected chi connectivity index (χ3v) is 5.46. The van der Waals surface area contributed by atoms with Gasteiger partial charge in [0.2, 0.25) is 5.91 Å². The maximum absolute atomic E-state index is 12.6. The van der Waals surface area contributed by atoms with Gasteiger partial charge in [-0.2, -0.15) is 0 Å². The summed E-state index contributed by atoms with van der Waals surface area (Å²) in [6, 6.07) is 1.88. The van der Waals surface area contributed by atoms with Crippen molar-refractivity contribution >= 4 is 23.0 Å². The third-order valence-electron chi connectivity index (χ3n) is 5.46. The van der Waals surface area contributed by atoms with Gasteiger partial charge in [-0.15, -0.1) is 5.10 Å². The minimum atomic E-state index is -0.217. The molecule has 1 aliphatic heterocycles. The molecule has 0 aromatic carbocycles. The minimum absolute atomic E-state index is 0.143. The predicted molar refractivity (Wildman–Crippen MR) is 95.4 cm³/mol. The van der Waals surface area contributed by atoms with Crippen molar-refractivity contribution in [2.45, 2.75) is 57.0 Å². The van der Waals surface area contributed by atoms with Crippen LogP contribution in [0.5, 0.6) is 0 Å². The quantitative estimate of drug-likeness (QED) is 0.840. The number of rotatable bonds is 3. The van der Waals surface area contributed by atoms with Crippen molar-refractivity contribution < 1.29 is 9.59 Å². The average molecular weight is 356 g/mol. The van der Waals surface area contributed by atoms with Crippen LogP contribution in [0.2, 0.25) is 0 Å². The lowest BCUT2D eigenvalue weighted by molar-refractivity contribution is -0.129. The SMILES string of the molecule is Cn1nnc2cc(C(=O)N[C@@H]3CC(=O)N(C4CCCCCC4)C3)cnc21. The summed E-state index contributed by atoms with van der Waals surface area (Å²) >= 11 is 0. The van der Waals surface area contributed by atoms with Crippen molar-refractivity contribution in [1.29, 1.82) is 0 Å². The molecule has 2 amide bonds. The first-order valence-electron chi connectivity index (χ1n) is 9.37. The Balaban J connectivity index is 1.41. The van der Waals surface area contributed by atoms with Crippen LogP contribution in [0.4, 0.5) is 0 Å². The van der Waals surface area contributed by atoms with Gasteiger partial charge in [-0.3, -0.25) is 9.59 Å². The number of nitrogens with one attached hydrogen (secondary N) is 1. The molecule has 1 N–H and O–H groups in total. The highest BCUT2D eigenvalue weighted by Gasteiger charge is 2.35. The van der Waals surface area contributed by atoms with Gasteiger partial charge in [-0.25, -0.2) is 9.67 Å². The first-order valence-corrected chi connectivity index (χ1v) is 9.37. The normalized spacial score (nSPS) is 22.0. The molecule has 2 fully saturated rings. The molecule has 0 radical (unpaired) electrons. The molecule has 1 atom stereocenters. The van der Waals surface area contributed by atoms with Crippen LogP contribution >= 0.6 is 0 Å². The lowest BCUT2D eigenvalue weighted by Crippen LogP contribution is -2.40. The van der Waals surface area contributed by atoms with Gasteiger partial charge >= 0.3 is 0 Å². The molecule has 1 saturated heterocycles. The van der Waals surface area contributed by atoms with E-state index in [-0.39, 0.29) is 17.9 Å². The highest BCUT2D eigenvalue weighted by Crippen LogP contribution is 2.26. The van der Waals surface area contributed by atoms with Crippen LogP contribution in [-0.4, -0.2) is 55.3 Å². The Morgan fingerprint density at radius 1 is 1.23 bits per heavy atom. The highest BCUT2D eigenvalue weighted by atomic mass is 16.2. The van der Waals surface area contributed by atoms with Crippen LogP contribution in [-0.2, 0) is 11.8 Å². The number of pyridine rings is 1. The van der Waals surface area contributed by atoms with Gasteiger partial charge in [0.25, 0.3) is 5.91 Å². The number of carbonyl (C=O) groups is 2. The van der Waals surface area contributed by atoms with Crippen molar-refractivity contribution in [1.82, 2.24) is 30.2 Å². The minimum Gasteiger partial charge on any atom is -0.347 e. The van der Waals surface area contributed by atoms with Crippen molar-refractivity contribution in [3.63, 3.8) is 0 Å². The van der Waals surface area contributed by atoms with E-state index in [2.05, 4.69) is 20.6 Å². The number of hydrogen-bond acceptors (Lipinski definition) is 5. The van der Waals surface area contributed by atoms with Crippen molar-refractivity contribution in [3.05, 3.63) is 17.8 Å². The molecule has 1 aliphatic carbocycles. The Morgan fingerprint density at radius 2 is 2.00 bits per heavy atom. The first kappa shape index (κ1) is 16.9. The average Bonchev–Trinajstić information content (AvgIpc) is 3.05. The molecule has 2 aromatic rings. The fourth-order valence-electron chi connectivity index (χ4n) is 4.07. The van der Waals surface area contributed by atoms with Crippen LogP contribution in [0.3, 0.4) is 0 Å². The van der Waals surface area contributed by atoms with Crippen LogP contribution in [0.25, 0.3) is 11.2 Å². The summed E-state index contributed by atoms with van der Waals surface area (Å²) in [5, 5.41) is 10.9. The molecule has 2 aromatic heterocycles. The molecule has 26 heavy (non-hydrogen) atoms. The topological polar surface area (TPSA) is 93.0 Å². The Bertz CT molecular complexity index is 824. The zero-order chi connectivity index (χ0) is 18.1. The van der Waals surface area contributed by atoms with Gasteiger partial charge in [0.05, 0.1) is 11.6 Å². The third kappa shape index (κ3) is 3.27. The Hall–Kier alpha value is -2.51. The van der Waals surface area contributed by atoms with Gasteiger partial charge < -0.3 is 10.2 Å². The second kappa shape index (κ2) is 7.01. The lowest BCUT2D eigenvalue weighted by atomic mass is 10.1. The molecule has 2 aliphatic rings. The maximum Gasteiger partial charge on any atom is 0.253 e. The second-order valence-electron chi connectivity index (χ2n) is 7.35.